The summed E-state index contributed by atoms with van der Waals surface area (Å²) in [6, 6.07) is 8.08. The fourth-order valence-corrected chi connectivity index (χ4v) is 1.83. The first kappa shape index (κ1) is 15.4. The summed E-state index contributed by atoms with van der Waals surface area (Å²) >= 11 is 0. The smallest absolute Gasteiger partial charge is 0.328 e. The summed E-state index contributed by atoms with van der Waals surface area (Å²) in [6.45, 7) is 0. The fraction of sp³-hybridized carbons (Fsp3) is 0.200. The Morgan fingerprint density at radius 3 is 1.53 bits per heavy atom. The minimum atomic E-state index is -4.67. The van der Waals surface area contributed by atoms with E-state index in [4.69, 9.17) is 29.2 Å². The second-order valence-electron chi connectivity index (χ2n) is 3.74. The van der Waals surface area contributed by atoms with E-state index in [9.17, 15) is 0 Å². The molecule has 0 aliphatic heterocycles. The van der Waals surface area contributed by atoms with Gasteiger partial charge in [0.2, 0.25) is 0 Å². The molecule has 2 rings (SSSR count). The van der Waals surface area contributed by atoms with Crippen LogP contribution in [0.1, 0.15) is 12.8 Å². The SMILES string of the molecule is NNC1=c2ccccc2=C(NN)CC1.O=S(=O)(O)O. The van der Waals surface area contributed by atoms with Crippen molar-refractivity contribution in [2.24, 2.45) is 11.7 Å². The summed E-state index contributed by atoms with van der Waals surface area (Å²) in [7, 11) is -4.67. The number of hydrogen-bond donors (Lipinski definition) is 6. The lowest BCUT2D eigenvalue weighted by atomic mass is 10.0. The van der Waals surface area contributed by atoms with E-state index >= 15 is 0 Å². The van der Waals surface area contributed by atoms with Gasteiger partial charge in [0.05, 0.1) is 0 Å². The van der Waals surface area contributed by atoms with Crippen molar-refractivity contribution in [3.63, 3.8) is 0 Å². The lowest BCUT2D eigenvalue weighted by Gasteiger charge is -2.15. The fourth-order valence-electron chi connectivity index (χ4n) is 1.83. The van der Waals surface area contributed by atoms with E-state index in [-0.39, 0.29) is 0 Å². The molecule has 0 radical (unpaired) electrons. The van der Waals surface area contributed by atoms with Crippen molar-refractivity contribution in [2.75, 3.05) is 0 Å². The van der Waals surface area contributed by atoms with Crippen molar-refractivity contribution < 1.29 is 17.5 Å². The van der Waals surface area contributed by atoms with Crippen molar-refractivity contribution in [3.8, 4) is 0 Å². The monoisotopic (exact) mass is 288 g/mol. The summed E-state index contributed by atoms with van der Waals surface area (Å²) in [5, 5.41) is 2.27. The maximum absolute atomic E-state index is 8.74. The second-order valence-corrected chi connectivity index (χ2v) is 4.63. The van der Waals surface area contributed by atoms with Gasteiger partial charge in [-0.15, -0.1) is 0 Å². The van der Waals surface area contributed by atoms with Gasteiger partial charge in [0.15, 0.2) is 0 Å². The van der Waals surface area contributed by atoms with Gasteiger partial charge in [0, 0.05) is 21.8 Å². The highest BCUT2D eigenvalue weighted by Gasteiger charge is 2.08. The van der Waals surface area contributed by atoms with Crippen LogP contribution in [0.15, 0.2) is 24.3 Å². The largest absolute Gasteiger partial charge is 0.394 e. The van der Waals surface area contributed by atoms with Crippen LogP contribution in [0.4, 0.5) is 0 Å². The molecule has 0 amide bonds. The van der Waals surface area contributed by atoms with E-state index in [1.807, 2.05) is 24.3 Å². The van der Waals surface area contributed by atoms with Crippen LogP contribution in [0.3, 0.4) is 0 Å². The minimum absolute atomic E-state index is 0.896. The van der Waals surface area contributed by atoms with E-state index in [2.05, 4.69) is 10.9 Å². The standard InChI is InChI=1S/C10H14N4.H2O4S/c11-13-9-5-6-10(14-12)8-4-2-1-3-7(8)9;1-5(2,3)4/h1-4,13-14H,5-6,11-12H2;(H2,1,2,3,4). The molecule has 0 atom stereocenters. The first-order valence-corrected chi connectivity index (χ1v) is 6.71. The van der Waals surface area contributed by atoms with Crippen LogP contribution in [0, 0.1) is 0 Å². The van der Waals surface area contributed by atoms with Crippen molar-refractivity contribution in [1.82, 2.24) is 10.9 Å². The average Bonchev–Trinajstić information content (AvgIpc) is 2.35. The molecule has 0 aromatic heterocycles. The Hall–Kier alpha value is -1.65. The van der Waals surface area contributed by atoms with E-state index in [1.54, 1.807) is 0 Å². The van der Waals surface area contributed by atoms with Gasteiger partial charge < -0.3 is 10.9 Å². The maximum atomic E-state index is 8.74. The zero-order chi connectivity index (χ0) is 14.5. The molecular weight excluding hydrogens is 272 g/mol. The van der Waals surface area contributed by atoms with Crippen LogP contribution in [-0.4, -0.2) is 17.5 Å². The van der Waals surface area contributed by atoms with Gasteiger partial charge >= 0.3 is 10.4 Å². The molecule has 19 heavy (non-hydrogen) atoms. The molecule has 0 saturated heterocycles. The van der Waals surface area contributed by atoms with E-state index < -0.39 is 10.4 Å². The summed E-state index contributed by atoms with van der Waals surface area (Å²) in [5.41, 5.74) is 7.62. The van der Waals surface area contributed by atoms with E-state index in [0.717, 1.165) is 34.7 Å². The predicted molar refractivity (Wildman–Crippen MR) is 70.6 cm³/mol. The Bertz CT molecular complexity index is 605. The topological polar surface area (TPSA) is 151 Å². The third kappa shape index (κ3) is 4.85. The van der Waals surface area contributed by atoms with E-state index in [1.165, 1.54) is 0 Å². The molecule has 0 heterocycles. The van der Waals surface area contributed by atoms with Crippen LogP contribution >= 0.6 is 0 Å². The van der Waals surface area contributed by atoms with Crippen LogP contribution in [0.5, 0.6) is 0 Å². The Morgan fingerprint density at radius 1 is 0.947 bits per heavy atom. The zero-order valence-corrected chi connectivity index (χ0v) is 10.8. The van der Waals surface area contributed by atoms with Gasteiger partial charge in [-0.05, 0) is 12.8 Å². The molecule has 0 unspecified atom stereocenters. The highest BCUT2D eigenvalue weighted by Crippen LogP contribution is 2.08. The maximum Gasteiger partial charge on any atom is 0.394 e. The number of benzene rings is 1. The number of fused-ring (bicyclic) bond motifs is 1. The van der Waals surface area contributed by atoms with Gasteiger partial charge in [-0.2, -0.15) is 8.42 Å². The zero-order valence-electron chi connectivity index (χ0n) is 10.00. The molecule has 0 fully saturated rings. The number of nitrogens with one attached hydrogen (secondary N) is 2. The van der Waals surface area contributed by atoms with E-state index in [0.29, 0.717) is 0 Å². The Kier molecular flexibility index (Phi) is 5.27. The molecule has 0 spiro atoms. The van der Waals surface area contributed by atoms with Crippen molar-refractivity contribution in [1.29, 1.82) is 0 Å². The molecule has 0 bridgehead atoms. The van der Waals surface area contributed by atoms with Gasteiger partial charge in [-0.1, -0.05) is 24.3 Å². The van der Waals surface area contributed by atoms with Crippen LogP contribution in [0.25, 0.3) is 11.4 Å². The van der Waals surface area contributed by atoms with Gasteiger partial charge in [0.1, 0.15) is 0 Å². The van der Waals surface area contributed by atoms with Crippen LogP contribution < -0.4 is 33.0 Å². The molecule has 106 valence electrons. The average molecular weight is 288 g/mol. The Balaban J connectivity index is 0.000000312. The first-order valence-electron chi connectivity index (χ1n) is 5.31. The molecule has 0 saturated carbocycles. The van der Waals surface area contributed by atoms with Crippen LogP contribution in [-0.2, 0) is 10.4 Å². The van der Waals surface area contributed by atoms with Gasteiger partial charge in [0.25, 0.3) is 0 Å². The third-order valence-electron chi connectivity index (χ3n) is 2.55. The highest BCUT2D eigenvalue weighted by molar-refractivity contribution is 7.79. The van der Waals surface area contributed by atoms with Crippen molar-refractivity contribution in [2.45, 2.75) is 12.8 Å². The normalized spacial score (nSPS) is 14.1. The third-order valence-corrected chi connectivity index (χ3v) is 2.55. The number of nitrogens with two attached hydrogens (primary N) is 2. The summed E-state index contributed by atoms with van der Waals surface area (Å²) in [5.74, 6) is 10.9. The molecule has 1 aliphatic rings. The van der Waals surface area contributed by atoms with Gasteiger partial charge in [-0.3, -0.25) is 20.8 Å². The molecular formula is C10H16N4O4S. The highest BCUT2D eigenvalue weighted by atomic mass is 32.3. The van der Waals surface area contributed by atoms with Crippen molar-refractivity contribution in [3.05, 3.63) is 34.7 Å². The first-order chi connectivity index (χ1) is 8.86. The lowest BCUT2D eigenvalue weighted by molar-refractivity contribution is 0.381. The predicted octanol–water partition coefficient (Wildman–Crippen LogP) is -2.03. The van der Waals surface area contributed by atoms with Gasteiger partial charge in [-0.25, -0.2) is 0 Å². The quantitative estimate of drug-likeness (QED) is 0.207. The number of hydrogen-bond acceptors (Lipinski definition) is 6. The molecule has 8 N–H and O–H groups in total. The molecule has 1 aliphatic carbocycles. The molecule has 8 nitrogen and oxygen atoms in total. The summed E-state index contributed by atoms with van der Waals surface area (Å²) in [6.07, 6.45) is 1.79. The summed E-state index contributed by atoms with van der Waals surface area (Å²) < 4.78 is 31.6. The number of hydrazine groups is 2. The summed E-state index contributed by atoms with van der Waals surface area (Å²) in [4.78, 5) is 0. The minimum Gasteiger partial charge on any atom is -0.328 e. The lowest BCUT2D eigenvalue weighted by Crippen LogP contribution is -2.42. The number of rotatable bonds is 2. The molecule has 9 heteroatoms. The van der Waals surface area contributed by atoms with Crippen LogP contribution in [0.2, 0.25) is 0 Å². The second kappa shape index (κ2) is 6.50. The molecule has 1 aromatic carbocycles. The Labute approximate surface area is 110 Å². The Morgan fingerprint density at radius 2 is 1.26 bits per heavy atom. The van der Waals surface area contributed by atoms with Crippen molar-refractivity contribution >= 4 is 21.8 Å². The molecule has 1 aromatic rings.